The lowest BCUT2D eigenvalue weighted by atomic mass is 10.0. The molecule has 1 aromatic rings. The van der Waals surface area contributed by atoms with Crippen LogP contribution in [0.2, 0.25) is 0 Å². The van der Waals surface area contributed by atoms with Crippen LogP contribution in [0.5, 0.6) is 5.75 Å². The lowest BCUT2D eigenvalue weighted by Crippen LogP contribution is -2.17. The van der Waals surface area contributed by atoms with Crippen LogP contribution in [0.25, 0.3) is 0 Å². The van der Waals surface area contributed by atoms with E-state index in [1.54, 1.807) is 0 Å². The summed E-state index contributed by atoms with van der Waals surface area (Å²) in [7, 11) is 0. The maximum absolute atomic E-state index is 10.8. The average Bonchev–Trinajstić information content (AvgIpc) is 3.01. The molecule has 1 saturated carbocycles. The van der Waals surface area contributed by atoms with Crippen molar-refractivity contribution in [1.29, 1.82) is 0 Å². The number of benzene rings is 1. The Morgan fingerprint density at radius 2 is 2.00 bits per heavy atom. The second-order valence-corrected chi connectivity index (χ2v) is 5.56. The Morgan fingerprint density at radius 1 is 1.33 bits per heavy atom. The lowest BCUT2D eigenvalue weighted by Gasteiger charge is -2.17. The lowest BCUT2D eigenvalue weighted by molar-refractivity contribution is -0.138. The first-order valence-corrected chi connectivity index (χ1v) is 6.34. The van der Waals surface area contributed by atoms with Gasteiger partial charge in [0.25, 0.3) is 0 Å². The van der Waals surface area contributed by atoms with Crippen molar-refractivity contribution in [3.05, 3.63) is 28.8 Å². The highest BCUT2D eigenvalue weighted by Crippen LogP contribution is 2.49. The van der Waals surface area contributed by atoms with Crippen molar-refractivity contribution >= 4 is 5.97 Å². The number of carboxylic acid groups (broad SMARTS) is 1. The molecule has 0 heterocycles. The van der Waals surface area contributed by atoms with E-state index >= 15 is 0 Å². The number of rotatable bonds is 5. The van der Waals surface area contributed by atoms with Gasteiger partial charge in [0, 0.05) is 5.41 Å². The third-order valence-corrected chi connectivity index (χ3v) is 3.78. The summed E-state index contributed by atoms with van der Waals surface area (Å²) in [6.07, 6.45) is 2.14. The minimum Gasteiger partial charge on any atom is -0.493 e. The van der Waals surface area contributed by atoms with Crippen molar-refractivity contribution in [1.82, 2.24) is 0 Å². The van der Waals surface area contributed by atoms with E-state index in [-0.39, 0.29) is 11.8 Å². The third-order valence-electron chi connectivity index (χ3n) is 3.78. The predicted octanol–water partition coefficient (Wildman–Crippen LogP) is 3.25. The van der Waals surface area contributed by atoms with Gasteiger partial charge < -0.3 is 9.84 Å². The summed E-state index contributed by atoms with van der Waals surface area (Å²) in [6, 6.07) is 4.16. The van der Waals surface area contributed by atoms with Crippen molar-refractivity contribution in [2.24, 2.45) is 5.41 Å². The number of ether oxygens (including phenoxy) is 1. The van der Waals surface area contributed by atoms with Crippen LogP contribution in [-0.4, -0.2) is 17.7 Å². The van der Waals surface area contributed by atoms with Crippen LogP contribution in [0.4, 0.5) is 0 Å². The second kappa shape index (κ2) is 4.63. The maximum atomic E-state index is 10.8. The molecule has 0 bridgehead atoms. The number of aryl methyl sites for hydroxylation is 2. The fourth-order valence-electron chi connectivity index (χ4n) is 2.25. The SMILES string of the molecule is Cc1cc(C)c(C)c(OCC2(CC(=O)O)CC2)c1. The fraction of sp³-hybridized carbons (Fsp3) is 0.533. The zero-order chi connectivity index (χ0) is 13.3. The highest BCUT2D eigenvalue weighted by molar-refractivity contribution is 5.68. The summed E-state index contributed by atoms with van der Waals surface area (Å²) in [5, 5.41) is 8.87. The molecule has 0 spiro atoms. The molecule has 0 radical (unpaired) electrons. The minimum absolute atomic E-state index is 0.115. The predicted molar refractivity (Wildman–Crippen MR) is 70.1 cm³/mol. The molecular weight excluding hydrogens is 228 g/mol. The summed E-state index contributed by atoms with van der Waals surface area (Å²) < 4.78 is 5.86. The van der Waals surface area contributed by atoms with Crippen molar-refractivity contribution < 1.29 is 14.6 Å². The summed E-state index contributed by atoms with van der Waals surface area (Å²) in [5.41, 5.74) is 3.42. The molecule has 0 aromatic heterocycles. The molecule has 2 rings (SSSR count). The third kappa shape index (κ3) is 2.84. The van der Waals surface area contributed by atoms with E-state index in [1.165, 1.54) is 11.1 Å². The highest BCUT2D eigenvalue weighted by atomic mass is 16.5. The topological polar surface area (TPSA) is 46.5 Å². The van der Waals surface area contributed by atoms with E-state index in [4.69, 9.17) is 9.84 Å². The monoisotopic (exact) mass is 248 g/mol. The normalized spacial score (nSPS) is 16.4. The van der Waals surface area contributed by atoms with Gasteiger partial charge in [-0.15, -0.1) is 0 Å². The minimum atomic E-state index is -0.728. The Bertz CT molecular complexity index is 473. The Labute approximate surface area is 108 Å². The molecule has 0 atom stereocenters. The van der Waals surface area contributed by atoms with Gasteiger partial charge >= 0.3 is 5.97 Å². The van der Waals surface area contributed by atoms with Crippen LogP contribution in [0.3, 0.4) is 0 Å². The highest BCUT2D eigenvalue weighted by Gasteiger charge is 2.45. The van der Waals surface area contributed by atoms with E-state index in [0.29, 0.717) is 6.61 Å². The first-order chi connectivity index (χ1) is 8.42. The van der Waals surface area contributed by atoms with E-state index in [9.17, 15) is 4.79 Å². The van der Waals surface area contributed by atoms with Gasteiger partial charge in [-0.1, -0.05) is 6.07 Å². The molecule has 1 aliphatic carbocycles. The van der Waals surface area contributed by atoms with E-state index in [0.717, 1.165) is 24.2 Å². The molecule has 1 aromatic carbocycles. The Balaban J connectivity index is 2.05. The molecule has 0 saturated heterocycles. The van der Waals surface area contributed by atoms with Crippen LogP contribution >= 0.6 is 0 Å². The Kier molecular flexibility index (Phi) is 3.33. The molecule has 1 aliphatic rings. The van der Waals surface area contributed by atoms with Crippen LogP contribution in [0.1, 0.15) is 36.0 Å². The van der Waals surface area contributed by atoms with Crippen molar-refractivity contribution in [2.45, 2.75) is 40.0 Å². The number of carbonyl (C=O) groups is 1. The van der Waals surface area contributed by atoms with Crippen LogP contribution in [0, 0.1) is 26.2 Å². The fourth-order valence-corrected chi connectivity index (χ4v) is 2.25. The zero-order valence-electron chi connectivity index (χ0n) is 11.2. The molecule has 0 aliphatic heterocycles. The summed E-state index contributed by atoms with van der Waals surface area (Å²) in [6.45, 7) is 6.67. The molecule has 3 nitrogen and oxygen atoms in total. The molecule has 98 valence electrons. The van der Waals surface area contributed by atoms with Gasteiger partial charge in [0.1, 0.15) is 5.75 Å². The standard InChI is InChI=1S/C15H20O3/c1-10-6-11(2)12(3)13(7-10)18-9-15(4-5-15)8-14(16)17/h6-7H,4-5,8-9H2,1-3H3,(H,16,17). The van der Waals surface area contributed by atoms with Gasteiger partial charge in [-0.05, 0) is 56.4 Å². The van der Waals surface area contributed by atoms with Crippen LogP contribution in [0.15, 0.2) is 12.1 Å². The maximum Gasteiger partial charge on any atom is 0.304 e. The van der Waals surface area contributed by atoms with Gasteiger partial charge in [-0.2, -0.15) is 0 Å². The van der Waals surface area contributed by atoms with Crippen molar-refractivity contribution in [3.8, 4) is 5.75 Å². The number of hydrogen-bond acceptors (Lipinski definition) is 2. The number of carboxylic acids is 1. The molecule has 1 N–H and O–H groups in total. The molecule has 1 fully saturated rings. The van der Waals surface area contributed by atoms with Crippen LogP contribution < -0.4 is 4.74 Å². The van der Waals surface area contributed by atoms with Gasteiger partial charge in [-0.3, -0.25) is 4.79 Å². The smallest absolute Gasteiger partial charge is 0.304 e. The van der Waals surface area contributed by atoms with Gasteiger partial charge in [0.2, 0.25) is 0 Å². The first-order valence-electron chi connectivity index (χ1n) is 6.34. The summed E-state index contributed by atoms with van der Waals surface area (Å²) >= 11 is 0. The molecule has 0 amide bonds. The largest absolute Gasteiger partial charge is 0.493 e. The van der Waals surface area contributed by atoms with Gasteiger partial charge in [0.05, 0.1) is 13.0 Å². The van der Waals surface area contributed by atoms with E-state index in [2.05, 4.69) is 13.0 Å². The van der Waals surface area contributed by atoms with Crippen molar-refractivity contribution in [2.75, 3.05) is 6.61 Å². The van der Waals surface area contributed by atoms with E-state index < -0.39 is 5.97 Å². The van der Waals surface area contributed by atoms with Gasteiger partial charge in [0.15, 0.2) is 0 Å². The Hall–Kier alpha value is -1.51. The van der Waals surface area contributed by atoms with Crippen LogP contribution in [-0.2, 0) is 4.79 Å². The second-order valence-electron chi connectivity index (χ2n) is 5.56. The zero-order valence-corrected chi connectivity index (χ0v) is 11.2. The molecular formula is C15H20O3. The van der Waals surface area contributed by atoms with Gasteiger partial charge in [-0.25, -0.2) is 0 Å². The number of aliphatic carboxylic acids is 1. The first kappa shape index (κ1) is 12.9. The van der Waals surface area contributed by atoms with E-state index in [1.807, 2.05) is 19.9 Å². The number of hydrogen-bond donors (Lipinski definition) is 1. The average molecular weight is 248 g/mol. The molecule has 0 unspecified atom stereocenters. The molecule has 18 heavy (non-hydrogen) atoms. The summed E-state index contributed by atoms with van der Waals surface area (Å²) in [4.78, 5) is 10.8. The quantitative estimate of drug-likeness (QED) is 0.870. The molecule has 3 heteroatoms. The summed E-state index contributed by atoms with van der Waals surface area (Å²) in [5.74, 6) is 0.164. The van der Waals surface area contributed by atoms with Crippen molar-refractivity contribution in [3.63, 3.8) is 0 Å². The Morgan fingerprint density at radius 3 is 2.56 bits per heavy atom.